The van der Waals surface area contributed by atoms with Crippen LogP contribution in [0.4, 0.5) is 19.0 Å². The molecule has 0 spiro atoms. The Morgan fingerprint density at radius 2 is 2.07 bits per heavy atom. The predicted molar refractivity (Wildman–Crippen MR) is 102 cm³/mol. The van der Waals surface area contributed by atoms with Crippen LogP contribution in [0, 0.1) is 0 Å². The molecule has 0 aromatic carbocycles. The van der Waals surface area contributed by atoms with Gasteiger partial charge in [-0.25, -0.2) is 4.68 Å². The van der Waals surface area contributed by atoms with Gasteiger partial charge < -0.3 is 10.2 Å². The number of thiophene rings is 1. The topological polar surface area (TPSA) is 50.2 Å². The smallest absolute Gasteiger partial charge is 0.363 e. The Balaban J connectivity index is 1.62. The number of amides is 1. The molecule has 0 bridgehead atoms. The van der Waals surface area contributed by atoms with Crippen molar-refractivity contribution in [1.29, 1.82) is 0 Å². The summed E-state index contributed by atoms with van der Waals surface area (Å²) in [5.74, 6) is -0.0726. The fourth-order valence-corrected chi connectivity index (χ4v) is 4.96. The Morgan fingerprint density at radius 1 is 1.32 bits per heavy atom. The largest absolute Gasteiger partial charge is 0.410 e. The van der Waals surface area contributed by atoms with Crippen molar-refractivity contribution in [2.45, 2.75) is 62.8 Å². The summed E-state index contributed by atoms with van der Waals surface area (Å²) in [4.78, 5) is 15.4. The SMILES string of the molecule is CN(C(=O)c1cc2n(n1)[C@@H](C(F)(F)F)C[C@H](c1cccs1)N2)C1CCCCC1. The first-order chi connectivity index (χ1) is 13.3. The Morgan fingerprint density at radius 3 is 2.71 bits per heavy atom. The van der Waals surface area contributed by atoms with E-state index in [0.717, 1.165) is 35.2 Å². The third-order valence-corrected chi connectivity index (χ3v) is 6.72. The molecule has 1 aliphatic heterocycles. The molecule has 2 aromatic heterocycles. The van der Waals surface area contributed by atoms with Gasteiger partial charge in [-0.05, 0) is 24.3 Å². The number of rotatable bonds is 3. The van der Waals surface area contributed by atoms with E-state index >= 15 is 0 Å². The second-order valence-corrected chi connectivity index (χ2v) is 8.55. The van der Waals surface area contributed by atoms with Gasteiger partial charge in [0, 0.05) is 30.5 Å². The van der Waals surface area contributed by atoms with Crippen LogP contribution in [0.3, 0.4) is 0 Å². The van der Waals surface area contributed by atoms with Gasteiger partial charge in [-0.15, -0.1) is 11.3 Å². The standard InChI is InChI=1S/C19H23F3N4OS/c1-25(12-6-3-2-4-7-12)18(27)14-11-17-23-13(15-8-5-9-28-15)10-16(19(20,21)22)26(17)24-14/h5,8-9,11-13,16,23H,2-4,6-7,10H2,1H3/t13-,16-/m1/s1. The first kappa shape index (κ1) is 19.3. The molecule has 152 valence electrons. The van der Waals surface area contributed by atoms with Crippen molar-refractivity contribution in [1.82, 2.24) is 14.7 Å². The summed E-state index contributed by atoms with van der Waals surface area (Å²) >= 11 is 1.42. The van der Waals surface area contributed by atoms with Crippen LogP contribution in [0.15, 0.2) is 23.6 Å². The number of halogens is 3. The normalized spacial score (nSPS) is 23.1. The predicted octanol–water partition coefficient (Wildman–Crippen LogP) is 5.01. The van der Waals surface area contributed by atoms with E-state index in [1.54, 1.807) is 11.9 Å². The Hall–Kier alpha value is -2.03. The average molecular weight is 412 g/mol. The quantitative estimate of drug-likeness (QED) is 0.771. The maximum absolute atomic E-state index is 13.7. The van der Waals surface area contributed by atoms with Crippen LogP contribution in [-0.4, -0.2) is 39.9 Å². The van der Waals surface area contributed by atoms with Crippen LogP contribution < -0.4 is 5.32 Å². The number of fused-ring (bicyclic) bond motifs is 1. The monoisotopic (exact) mass is 412 g/mol. The van der Waals surface area contributed by atoms with Crippen molar-refractivity contribution < 1.29 is 18.0 Å². The molecule has 2 aliphatic rings. The molecule has 5 nitrogen and oxygen atoms in total. The van der Waals surface area contributed by atoms with Crippen LogP contribution in [0.1, 0.15) is 66.0 Å². The number of hydrogen-bond acceptors (Lipinski definition) is 4. The number of anilines is 1. The summed E-state index contributed by atoms with van der Waals surface area (Å²) in [6.45, 7) is 0. The third-order valence-electron chi connectivity index (χ3n) is 5.74. The number of alkyl halides is 3. The van der Waals surface area contributed by atoms with E-state index in [9.17, 15) is 18.0 Å². The zero-order chi connectivity index (χ0) is 19.9. The molecule has 2 aromatic rings. The van der Waals surface area contributed by atoms with Crippen LogP contribution in [0.2, 0.25) is 0 Å². The molecule has 3 heterocycles. The summed E-state index contributed by atoms with van der Waals surface area (Å²) in [7, 11) is 1.72. The second-order valence-electron chi connectivity index (χ2n) is 7.57. The Kier molecular flexibility index (Phi) is 5.11. The molecule has 0 radical (unpaired) electrons. The molecular formula is C19H23F3N4OS. The molecule has 4 rings (SSSR count). The Labute approximate surface area is 165 Å². The number of carbonyl (C=O) groups is 1. The molecule has 9 heteroatoms. The van der Waals surface area contributed by atoms with E-state index in [1.165, 1.54) is 23.8 Å². The third kappa shape index (κ3) is 3.64. The van der Waals surface area contributed by atoms with Crippen LogP contribution in [-0.2, 0) is 0 Å². The van der Waals surface area contributed by atoms with Gasteiger partial charge in [-0.1, -0.05) is 25.3 Å². The maximum atomic E-state index is 13.7. The molecule has 1 saturated carbocycles. The highest BCUT2D eigenvalue weighted by molar-refractivity contribution is 7.10. The van der Waals surface area contributed by atoms with Crippen LogP contribution >= 0.6 is 11.3 Å². The highest BCUT2D eigenvalue weighted by Gasteiger charge is 2.47. The van der Waals surface area contributed by atoms with Gasteiger partial charge in [0.25, 0.3) is 5.91 Å². The number of aromatic nitrogens is 2. The van der Waals surface area contributed by atoms with Crippen molar-refractivity contribution >= 4 is 23.1 Å². The first-order valence-electron chi connectivity index (χ1n) is 9.58. The minimum atomic E-state index is -4.44. The summed E-state index contributed by atoms with van der Waals surface area (Å²) in [5, 5.41) is 9.06. The molecule has 1 amide bonds. The lowest BCUT2D eigenvalue weighted by molar-refractivity contribution is -0.173. The molecule has 1 N–H and O–H groups in total. The highest BCUT2D eigenvalue weighted by atomic mass is 32.1. The van der Waals surface area contributed by atoms with Crippen molar-refractivity contribution in [3.05, 3.63) is 34.2 Å². The first-order valence-corrected chi connectivity index (χ1v) is 10.5. The van der Waals surface area contributed by atoms with E-state index in [4.69, 9.17) is 0 Å². The lowest BCUT2D eigenvalue weighted by Crippen LogP contribution is -2.38. The van der Waals surface area contributed by atoms with Crippen molar-refractivity contribution in [2.24, 2.45) is 0 Å². The summed E-state index contributed by atoms with van der Waals surface area (Å²) in [6, 6.07) is 3.03. The van der Waals surface area contributed by atoms with Gasteiger partial charge in [0.05, 0.1) is 6.04 Å². The molecular weight excluding hydrogens is 389 g/mol. The fraction of sp³-hybridized carbons (Fsp3) is 0.579. The average Bonchev–Trinajstić information content (AvgIpc) is 3.35. The molecule has 2 atom stereocenters. The van der Waals surface area contributed by atoms with Crippen LogP contribution in [0.25, 0.3) is 0 Å². The second kappa shape index (κ2) is 7.42. The van der Waals surface area contributed by atoms with Crippen molar-refractivity contribution in [3.8, 4) is 0 Å². The Bertz CT molecular complexity index is 827. The van der Waals surface area contributed by atoms with Gasteiger partial charge in [-0.3, -0.25) is 4.79 Å². The van der Waals surface area contributed by atoms with Crippen LogP contribution in [0.5, 0.6) is 0 Å². The van der Waals surface area contributed by atoms with Gasteiger partial charge >= 0.3 is 6.18 Å². The van der Waals surface area contributed by atoms with E-state index in [1.807, 2.05) is 17.5 Å². The van der Waals surface area contributed by atoms with Gasteiger partial charge in [0.15, 0.2) is 11.7 Å². The van der Waals surface area contributed by atoms with Gasteiger partial charge in [0.1, 0.15) is 5.82 Å². The molecule has 1 aliphatic carbocycles. The molecule has 1 fully saturated rings. The van der Waals surface area contributed by atoms with Gasteiger partial charge in [-0.2, -0.15) is 18.3 Å². The summed E-state index contributed by atoms with van der Waals surface area (Å²) in [6.07, 6.45) is 0.584. The van der Waals surface area contributed by atoms with E-state index in [0.29, 0.717) is 0 Å². The minimum Gasteiger partial charge on any atom is -0.363 e. The minimum absolute atomic E-state index is 0.0663. The highest BCUT2D eigenvalue weighted by Crippen LogP contribution is 2.44. The zero-order valence-corrected chi connectivity index (χ0v) is 16.4. The van der Waals surface area contributed by atoms with Crippen molar-refractivity contribution in [3.63, 3.8) is 0 Å². The van der Waals surface area contributed by atoms with Crippen molar-refractivity contribution in [2.75, 3.05) is 12.4 Å². The lowest BCUT2D eigenvalue weighted by Gasteiger charge is -2.32. The summed E-state index contributed by atoms with van der Waals surface area (Å²) < 4.78 is 42.1. The van der Waals surface area contributed by atoms with E-state index in [2.05, 4.69) is 10.4 Å². The zero-order valence-electron chi connectivity index (χ0n) is 15.6. The van der Waals surface area contributed by atoms with E-state index in [-0.39, 0.29) is 29.9 Å². The molecule has 0 saturated heterocycles. The number of nitrogens with zero attached hydrogens (tertiary/aromatic N) is 3. The maximum Gasteiger partial charge on any atom is 0.410 e. The number of carbonyl (C=O) groups excluding carboxylic acids is 1. The summed E-state index contributed by atoms with van der Waals surface area (Å²) in [5.41, 5.74) is 0.0663. The fourth-order valence-electron chi connectivity index (χ4n) is 4.17. The molecule has 28 heavy (non-hydrogen) atoms. The number of hydrogen-bond donors (Lipinski definition) is 1. The lowest BCUT2D eigenvalue weighted by atomic mass is 9.94. The number of nitrogens with one attached hydrogen (secondary N) is 1. The van der Waals surface area contributed by atoms with Gasteiger partial charge in [0.2, 0.25) is 0 Å². The molecule has 0 unspecified atom stereocenters. The van der Waals surface area contributed by atoms with E-state index < -0.39 is 18.3 Å².